The van der Waals surface area contributed by atoms with Crippen LogP contribution in [0.25, 0.3) is 0 Å². The number of benzene rings is 1. The third kappa shape index (κ3) is 3.44. The maximum Gasteiger partial charge on any atom is 0.416 e. The Morgan fingerprint density at radius 2 is 2.06 bits per heavy atom. The summed E-state index contributed by atoms with van der Waals surface area (Å²) in [5.41, 5.74) is 6.62. The lowest BCUT2D eigenvalue weighted by Gasteiger charge is -2.16. The zero-order chi connectivity index (χ0) is 13.1. The van der Waals surface area contributed by atoms with E-state index in [0.717, 1.165) is 18.6 Å². The molecule has 0 spiro atoms. The Kier molecular flexibility index (Phi) is 4.09. The first-order valence-corrected chi connectivity index (χ1v) is 5.23. The summed E-state index contributed by atoms with van der Waals surface area (Å²) in [5.74, 6) is 0. The van der Waals surface area contributed by atoms with Crippen molar-refractivity contribution in [1.29, 1.82) is 5.53 Å². The molecular formula is C11H14F3N3. The molecule has 3 nitrogen and oxygen atoms in total. The van der Waals surface area contributed by atoms with Crippen molar-refractivity contribution in [3.63, 3.8) is 0 Å². The molecule has 0 aliphatic carbocycles. The lowest BCUT2D eigenvalue weighted by molar-refractivity contribution is -0.137. The lowest BCUT2D eigenvalue weighted by Crippen LogP contribution is -2.14. The van der Waals surface area contributed by atoms with Crippen LogP contribution in [0.3, 0.4) is 0 Å². The van der Waals surface area contributed by atoms with Crippen molar-refractivity contribution < 1.29 is 13.2 Å². The summed E-state index contributed by atoms with van der Waals surface area (Å²) in [5, 5.41) is 6.11. The third-order valence-corrected chi connectivity index (χ3v) is 2.46. The summed E-state index contributed by atoms with van der Waals surface area (Å²) in [7, 11) is 0. The van der Waals surface area contributed by atoms with Crippen LogP contribution < -0.4 is 5.32 Å². The van der Waals surface area contributed by atoms with Crippen LogP contribution in [0.2, 0.25) is 0 Å². The zero-order valence-corrected chi connectivity index (χ0v) is 9.60. The van der Waals surface area contributed by atoms with Crippen molar-refractivity contribution in [1.82, 2.24) is 0 Å². The summed E-state index contributed by atoms with van der Waals surface area (Å²) < 4.78 is 37.6. The first kappa shape index (κ1) is 13.5. The molecule has 0 bridgehead atoms. The molecule has 0 aromatic heterocycles. The van der Waals surface area contributed by atoms with Crippen LogP contribution in [-0.4, -0.2) is 6.04 Å². The molecule has 0 aliphatic rings. The molecule has 1 aromatic rings. The molecule has 1 rings (SSSR count). The van der Waals surface area contributed by atoms with Gasteiger partial charge in [0.1, 0.15) is 5.69 Å². The molecule has 6 heteroatoms. The first-order chi connectivity index (χ1) is 7.88. The highest BCUT2D eigenvalue weighted by Gasteiger charge is 2.31. The van der Waals surface area contributed by atoms with Gasteiger partial charge in [-0.2, -0.15) is 18.3 Å². The average Bonchev–Trinajstić information content (AvgIpc) is 2.27. The minimum Gasteiger partial charge on any atom is -0.381 e. The Hall–Kier alpha value is -1.59. The summed E-state index contributed by atoms with van der Waals surface area (Å²) >= 11 is 0. The van der Waals surface area contributed by atoms with E-state index < -0.39 is 11.7 Å². The lowest BCUT2D eigenvalue weighted by atomic mass is 10.1. The fourth-order valence-electron chi connectivity index (χ4n) is 1.29. The van der Waals surface area contributed by atoms with Crippen molar-refractivity contribution in [3.8, 4) is 0 Å². The van der Waals surface area contributed by atoms with Gasteiger partial charge in [-0.15, -0.1) is 0 Å². The number of nitrogens with zero attached hydrogens (tertiary/aromatic N) is 1. The van der Waals surface area contributed by atoms with E-state index in [1.807, 2.05) is 13.8 Å². The molecule has 1 unspecified atom stereocenters. The second-order valence-corrected chi connectivity index (χ2v) is 3.80. The Bertz CT molecular complexity index is 401. The van der Waals surface area contributed by atoms with Gasteiger partial charge in [0.05, 0.1) is 11.3 Å². The molecule has 94 valence electrons. The molecule has 0 amide bonds. The molecule has 0 saturated heterocycles. The Labute approximate surface area is 97.5 Å². The maximum atomic E-state index is 12.5. The molecule has 17 heavy (non-hydrogen) atoms. The molecule has 1 aromatic carbocycles. The van der Waals surface area contributed by atoms with Crippen LogP contribution in [0.1, 0.15) is 25.8 Å². The monoisotopic (exact) mass is 245 g/mol. The van der Waals surface area contributed by atoms with E-state index in [4.69, 9.17) is 5.53 Å². The van der Waals surface area contributed by atoms with Gasteiger partial charge in [0.2, 0.25) is 0 Å². The molecule has 0 saturated carbocycles. The van der Waals surface area contributed by atoms with Crippen LogP contribution in [-0.2, 0) is 6.18 Å². The smallest absolute Gasteiger partial charge is 0.381 e. The normalized spacial score (nSPS) is 13.2. The summed E-state index contributed by atoms with van der Waals surface area (Å²) in [6, 6.07) is 3.13. The molecule has 0 aliphatic heterocycles. The molecular weight excluding hydrogens is 231 g/mol. The van der Waals surface area contributed by atoms with Crippen LogP contribution >= 0.6 is 0 Å². The molecule has 2 N–H and O–H groups in total. The number of rotatable bonds is 4. The van der Waals surface area contributed by atoms with E-state index in [2.05, 4.69) is 10.4 Å². The van der Waals surface area contributed by atoms with E-state index in [9.17, 15) is 13.2 Å². The summed E-state index contributed by atoms with van der Waals surface area (Å²) in [6.07, 6.45) is -3.61. The number of nitrogens with one attached hydrogen (secondary N) is 2. The van der Waals surface area contributed by atoms with Gasteiger partial charge in [0.15, 0.2) is 0 Å². The number of anilines is 1. The minimum atomic E-state index is -4.38. The van der Waals surface area contributed by atoms with Gasteiger partial charge >= 0.3 is 6.18 Å². The number of alkyl halides is 3. The summed E-state index contributed by atoms with van der Waals surface area (Å²) in [6.45, 7) is 3.77. The molecule has 0 heterocycles. The second kappa shape index (κ2) is 5.16. The highest BCUT2D eigenvalue weighted by Crippen LogP contribution is 2.35. The molecule has 1 atom stereocenters. The first-order valence-electron chi connectivity index (χ1n) is 5.23. The predicted octanol–water partition coefficient (Wildman–Crippen LogP) is 4.58. The highest BCUT2D eigenvalue weighted by atomic mass is 19.4. The number of halogens is 3. The largest absolute Gasteiger partial charge is 0.416 e. The van der Waals surface area contributed by atoms with E-state index in [-0.39, 0.29) is 17.4 Å². The van der Waals surface area contributed by atoms with Crippen LogP contribution in [0, 0.1) is 5.53 Å². The van der Waals surface area contributed by atoms with Gasteiger partial charge in [0.25, 0.3) is 0 Å². The predicted molar refractivity (Wildman–Crippen MR) is 59.6 cm³/mol. The molecule has 0 fully saturated rings. The quantitative estimate of drug-likeness (QED) is 0.749. The van der Waals surface area contributed by atoms with Gasteiger partial charge in [-0.3, -0.25) is 0 Å². The van der Waals surface area contributed by atoms with Crippen molar-refractivity contribution in [2.45, 2.75) is 32.5 Å². The zero-order valence-electron chi connectivity index (χ0n) is 9.60. The standard InChI is InChI=1S/C11H14F3N3/c1-3-7(2)16-10-6-8(11(12,13)14)4-5-9(10)17-15/h4-7,15-16H,3H2,1-2H3. The van der Waals surface area contributed by atoms with E-state index in [1.54, 1.807) is 0 Å². The van der Waals surface area contributed by atoms with Gasteiger partial charge in [-0.25, -0.2) is 5.53 Å². The van der Waals surface area contributed by atoms with E-state index >= 15 is 0 Å². The number of hydrogen-bond acceptors (Lipinski definition) is 3. The van der Waals surface area contributed by atoms with E-state index in [0.29, 0.717) is 0 Å². The maximum absolute atomic E-state index is 12.5. The third-order valence-electron chi connectivity index (χ3n) is 2.46. The Morgan fingerprint density at radius 1 is 1.41 bits per heavy atom. The van der Waals surface area contributed by atoms with Crippen molar-refractivity contribution >= 4 is 11.4 Å². The topological polar surface area (TPSA) is 48.2 Å². The highest BCUT2D eigenvalue weighted by molar-refractivity contribution is 5.66. The van der Waals surface area contributed by atoms with Crippen LogP contribution in [0.5, 0.6) is 0 Å². The Morgan fingerprint density at radius 3 is 2.53 bits per heavy atom. The fraction of sp³-hybridized carbons (Fsp3) is 0.455. The average molecular weight is 245 g/mol. The van der Waals surface area contributed by atoms with Crippen LogP contribution in [0.15, 0.2) is 23.3 Å². The number of hydrogen-bond donors (Lipinski definition) is 2. The Balaban J connectivity index is 3.11. The van der Waals surface area contributed by atoms with Crippen molar-refractivity contribution in [2.24, 2.45) is 5.11 Å². The fourth-order valence-corrected chi connectivity index (χ4v) is 1.29. The van der Waals surface area contributed by atoms with Crippen LogP contribution in [0.4, 0.5) is 24.5 Å². The summed E-state index contributed by atoms with van der Waals surface area (Å²) in [4.78, 5) is 0. The SMILES string of the molecule is CCC(C)Nc1cc(C(F)(F)F)ccc1N=N. The van der Waals surface area contributed by atoms with Crippen molar-refractivity contribution in [3.05, 3.63) is 23.8 Å². The van der Waals surface area contributed by atoms with E-state index in [1.165, 1.54) is 6.07 Å². The van der Waals surface area contributed by atoms with Gasteiger partial charge in [-0.1, -0.05) is 6.92 Å². The minimum absolute atomic E-state index is 0.0268. The van der Waals surface area contributed by atoms with Gasteiger partial charge in [0, 0.05) is 6.04 Å². The van der Waals surface area contributed by atoms with Crippen molar-refractivity contribution in [2.75, 3.05) is 5.32 Å². The molecule has 0 radical (unpaired) electrons. The second-order valence-electron chi connectivity index (χ2n) is 3.80. The van der Waals surface area contributed by atoms with Gasteiger partial charge in [-0.05, 0) is 31.5 Å². The van der Waals surface area contributed by atoms with Gasteiger partial charge < -0.3 is 5.32 Å².